The van der Waals surface area contributed by atoms with Gasteiger partial charge in [0.1, 0.15) is 6.61 Å². The Labute approximate surface area is 97.4 Å². The van der Waals surface area contributed by atoms with Crippen molar-refractivity contribution in [3.8, 4) is 0 Å². The molecule has 0 aliphatic heterocycles. The molecule has 0 saturated carbocycles. The number of carbonyl (C=O) groups is 2. The number of hydrogen-bond donors (Lipinski definition) is 2. The second kappa shape index (κ2) is 6.17. The fourth-order valence-corrected chi connectivity index (χ4v) is 0.950. The van der Waals surface area contributed by atoms with Crippen molar-refractivity contribution in [2.45, 2.75) is 25.8 Å². The van der Waals surface area contributed by atoms with Crippen LogP contribution >= 0.6 is 0 Å². The van der Waals surface area contributed by atoms with Crippen LogP contribution in [0.4, 0.5) is 13.6 Å². The Morgan fingerprint density at radius 1 is 1.53 bits per heavy atom. The van der Waals surface area contributed by atoms with Crippen LogP contribution < -0.4 is 5.32 Å². The van der Waals surface area contributed by atoms with Crippen LogP contribution in [0.15, 0.2) is 12.7 Å². The summed E-state index contributed by atoms with van der Waals surface area (Å²) >= 11 is 0. The van der Waals surface area contributed by atoms with Crippen LogP contribution in [0.2, 0.25) is 0 Å². The Morgan fingerprint density at radius 2 is 2.06 bits per heavy atom. The zero-order chi connectivity index (χ0) is 13.6. The Kier molecular flexibility index (Phi) is 5.57. The van der Waals surface area contributed by atoms with E-state index in [0.29, 0.717) is 0 Å². The molecule has 0 aliphatic carbocycles. The predicted octanol–water partition coefficient (Wildman–Crippen LogP) is 1.64. The zero-order valence-corrected chi connectivity index (χ0v) is 9.57. The lowest BCUT2D eigenvalue weighted by Crippen LogP contribution is -2.55. The molecule has 1 unspecified atom stereocenters. The first-order valence-electron chi connectivity index (χ1n) is 4.88. The van der Waals surface area contributed by atoms with E-state index in [9.17, 15) is 18.4 Å². The minimum atomic E-state index is -3.57. The number of ether oxygens (including phenoxy) is 1. The lowest BCUT2D eigenvalue weighted by Gasteiger charge is -2.27. The van der Waals surface area contributed by atoms with Gasteiger partial charge in [-0.15, -0.1) is 0 Å². The van der Waals surface area contributed by atoms with Crippen molar-refractivity contribution in [2.75, 3.05) is 6.61 Å². The summed E-state index contributed by atoms with van der Waals surface area (Å²) in [6.07, 6.45) is 0.00766. The van der Waals surface area contributed by atoms with Crippen LogP contribution in [-0.4, -0.2) is 35.7 Å². The zero-order valence-electron chi connectivity index (χ0n) is 9.57. The van der Waals surface area contributed by atoms with E-state index in [1.807, 2.05) is 0 Å². The topological polar surface area (TPSA) is 75.6 Å². The van der Waals surface area contributed by atoms with Gasteiger partial charge in [-0.25, -0.2) is 18.4 Å². The van der Waals surface area contributed by atoms with E-state index in [-0.39, 0.29) is 6.61 Å². The number of rotatable bonds is 6. The van der Waals surface area contributed by atoms with Crippen LogP contribution in [0.5, 0.6) is 0 Å². The molecule has 7 heteroatoms. The van der Waals surface area contributed by atoms with Crippen molar-refractivity contribution in [1.82, 2.24) is 5.32 Å². The Balaban J connectivity index is 4.71. The van der Waals surface area contributed by atoms with Crippen LogP contribution in [0, 0.1) is 5.92 Å². The van der Waals surface area contributed by atoms with Gasteiger partial charge in [-0.2, -0.15) is 0 Å². The summed E-state index contributed by atoms with van der Waals surface area (Å²) in [5.74, 6) is -6.62. The van der Waals surface area contributed by atoms with E-state index in [1.165, 1.54) is 6.08 Å². The molecule has 5 nitrogen and oxygen atoms in total. The summed E-state index contributed by atoms with van der Waals surface area (Å²) in [6, 6.07) is -2.32. The third-order valence-electron chi connectivity index (χ3n) is 2.00. The summed E-state index contributed by atoms with van der Waals surface area (Å²) in [6.45, 7) is 5.38. The predicted molar refractivity (Wildman–Crippen MR) is 55.9 cm³/mol. The Bertz CT molecular complexity index is 305. The summed E-state index contributed by atoms with van der Waals surface area (Å²) in [7, 11) is 0. The van der Waals surface area contributed by atoms with E-state index in [2.05, 4.69) is 11.3 Å². The normalized spacial score (nSPS) is 13.0. The first kappa shape index (κ1) is 15.3. The molecule has 0 rings (SSSR count). The average Bonchev–Trinajstić information content (AvgIpc) is 2.21. The van der Waals surface area contributed by atoms with Gasteiger partial charge in [0.25, 0.3) is 5.92 Å². The van der Waals surface area contributed by atoms with Crippen LogP contribution in [-0.2, 0) is 9.53 Å². The van der Waals surface area contributed by atoms with Gasteiger partial charge in [-0.1, -0.05) is 26.5 Å². The average molecular weight is 251 g/mol. The number of carboxylic acids is 1. The molecule has 0 spiro atoms. The highest BCUT2D eigenvalue weighted by Crippen LogP contribution is 2.28. The smallest absolute Gasteiger partial charge is 0.408 e. The number of hydrogen-bond acceptors (Lipinski definition) is 3. The molecule has 2 N–H and O–H groups in total. The van der Waals surface area contributed by atoms with Gasteiger partial charge < -0.3 is 15.2 Å². The van der Waals surface area contributed by atoms with Gasteiger partial charge in [-0.3, -0.25) is 0 Å². The highest BCUT2D eigenvalue weighted by molar-refractivity contribution is 5.81. The number of carboxylic acid groups (broad SMARTS) is 1. The summed E-state index contributed by atoms with van der Waals surface area (Å²) in [4.78, 5) is 21.7. The quantitative estimate of drug-likeness (QED) is 0.704. The van der Waals surface area contributed by atoms with Crippen LogP contribution in [0.3, 0.4) is 0 Å². The molecule has 17 heavy (non-hydrogen) atoms. The number of halogens is 2. The number of carbonyl (C=O) groups excluding carboxylic acids is 1. The van der Waals surface area contributed by atoms with Gasteiger partial charge in [0.2, 0.25) is 0 Å². The third kappa shape index (κ3) is 4.38. The summed E-state index contributed by atoms with van der Waals surface area (Å²) < 4.78 is 31.3. The minimum absolute atomic E-state index is 0.189. The van der Waals surface area contributed by atoms with Crippen molar-refractivity contribution < 1.29 is 28.2 Å². The first-order chi connectivity index (χ1) is 7.73. The SMILES string of the molecule is C=CCOC(=O)NC(C(=O)O)C(F)(F)C(C)C. The molecule has 0 saturated heterocycles. The molecular formula is C10H15F2NO4. The molecule has 0 fully saturated rings. The second-order valence-corrected chi connectivity index (χ2v) is 3.63. The van der Waals surface area contributed by atoms with E-state index in [4.69, 9.17) is 5.11 Å². The van der Waals surface area contributed by atoms with Gasteiger partial charge in [0, 0.05) is 5.92 Å². The molecular weight excluding hydrogens is 236 g/mol. The molecule has 0 aromatic rings. The lowest BCUT2D eigenvalue weighted by atomic mass is 9.98. The lowest BCUT2D eigenvalue weighted by molar-refractivity contribution is -0.155. The van der Waals surface area contributed by atoms with Crippen molar-refractivity contribution in [3.63, 3.8) is 0 Å². The van der Waals surface area contributed by atoms with Crippen LogP contribution in [0.1, 0.15) is 13.8 Å². The van der Waals surface area contributed by atoms with Gasteiger partial charge >= 0.3 is 12.1 Å². The number of alkyl halides is 2. The maximum Gasteiger partial charge on any atom is 0.408 e. The van der Waals surface area contributed by atoms with Crippen molar-refractivity contribution in [2.24, 2.45) is 5.92 Å². The summed E-state index contributed by atoms with van der Waals surface area (Å²) in [5.41, 5.74) is 0. The molecule has 0 bridgehead atoms. The maximum atomic E-state index is 13.5. The molecule has 1 atom stereocenters. The first-order valence-corrected chi connectivity index (χ1v) is 4.88. The molecule has 0 heterocycles. The fraction of sp³-hybridized carbons (Fsp3) is 0.600. The number of nitrogens with one attached hydrogen (secondary N) is 1. The Morgan fingerprint density at radius 3 is 2.41 bits per heavy atom. The van der Waals surface area contributed by atoms with Crippen molar-refractivity contribution in [3.05, 3.63) is 12.7 Å². The van der Waals surface area contributed by atoms with Crippen molar-refractivity contribution >= 4 is 12.1 Å². The molecule has 0 aromatic carbocycles. The summed E-state index contributed by atoms with van der Waals surface area (Å²) in [5, 5.41) is 10.3. The van der Waals surface area contributed by atoms with E-state index in [0.717, 1.165) is 13.8 Å². The fourth-order valence-electron chi connectivity index (χ4n) is 0.950. The Hall–Kier alpha value is -1.66. The van der Waals surface area contributed by atoms with Gasteiger partial charge in [0.05, 0.1) is 0 Å². The minimum Gasteiger partial charge on any atom is -0.480 e. The number of amides is 1. The molecule has 1 amide bonds. The second-order valence-electron chi connectivity index (χ2n) is 3.63. The number of alkyl carbamates (subject to hydrolysis) is 1. The third-order valence-corrected chi connectivity index (χ3v) is 2.00. The van der Waals surface area contributed by atoms with Crippen molar-refractivity contribution in [1.29, 1.82) is 0 Å². The molecule has 0 aliphatic rings. The van der Waals surface area contributed by atoms with Gasteiger partial charge in [0.15, 0.2) is 6.04 Å². The van der Waals surface area contributed by atoms with E-state index >= 15 is 0 Å². The van der Waals surface area contributed by atoms with E-state index in [1.54, 1.807) is 5.32 Å². The van der Waals surface area contributed by atoms with E-state index < -0.39 is 29.9 Å². The standard InChI is InChI=1S/C10H15F2NO4/c1-4-5-17-9(16)13-7(8(14)15)10(11,12)6(2)3/h4,6-7H,1,5H2,2-3H3,(H,13,16)(H,14,15). The maximum absolute atomic E-state index is 13.5. The van der Waals surface area contributed by atoms with Gasteiger partial charge in [-0.05, 0) is 0 Å². The molecule has 98 valence electrons. The number of aliphatic carboxylic acids is 1. The molecule has 0 aromatic heterocycles. The highest BCUT2D eigenvalue weighted by atomic mass is 19.3. The monoisotopic (exact) mass is 251 g/mol. The highest BCUT2D eigenvalue weighted by Gasteiger charge is 2.48. The van der Waals surface area contributed by atoms with Crippen LogP contribution in [0.25, 0.3) is 0 Å². The largest absolute Gasteiger partial charge is 0.480 e. The molecule has 0 radical (unpaired) electrons.